The second kappa shape index (κ2) is 7.42. The summed E-state index contributed by atoms with van der Waals surface area (Å²) in [5.41, 5.74) is 1.60. The summed E-state index contributed by atoms with van der Waals surface area (Å²) in [6.45, 7) is 4.36. The minimum Gasteiger partial charge on any atom is -0.376 e. The molecule has 1 fully saturated rings. The van der Waals surface area contributed by atoms with Crippen molar-refractivity contribution in [2.24, 2.45) is 0 Å². The first kappa shape index (κ1) is 15.7. The van der Waals surface area contributed by atoms with E-state index in [1.807, 2.05) is 41.4 Å². The Labute approximate surface area is 136 Å². The highest BCUT2D eigenvalue weighted by atomic mass is 16.5. The maximum absolute atomic E-state index is 12.8. The third kappa shape index (κ3) is 3.79. The number of hydrogen-bond donors (Lipinski definition) is 0. The molecule has 0 saturated carbocycles. The standard InChI is InChI=1S/C18H23N3O2/c1-2-12-23-17-8-4-10-20(14-17)18(22)15-6-3-7-16(13-15)21-11-5-9-19-21/h3,5-7,9,11,13,17H,2,4,8,10,12,14H2,1H3. The number of amides is 1. The van der Waals surface area contributed by atoms with E-state index < -0.39 is 0 Å². The van der Waals surface area contributed by atoms with Gasteiger partial charge in [-0.2, -0.15) is 5.10 Å². The van der Waals surface area contributed by atoms with Gasteiger partial charge in [-0.1, -0.05) is 13.0 Å². The van der Waals surface area contributed by atoms with Gasteiger partial charge >= 0.3 is 0 Å². The SMILES string of the molecule is CCCOC1CCCN(C(=O)c2cccc(-n3cccn3)c2)C1. The minimum absolute atomic E-state index is 0.0730. The van der Waals surface area contributed by atoms with Crippen LogP contribution in [0.15, 0.2) is 42.7 Å². The number of rotatable bonds is 5. The highest BCUT2D eigenvalue weighted by molar-refractivity contribution is 5.94. The van der Waals surface area contributed by atoms with Gasteiger partial charge in [0, 0.05) is 37.7 Å². The van der Waals surface area contributed by atoms with Crippen molar-refractivity contribution in [1.29, 1.82) is 0 Å². The lowest BCUT2D eigenvalue weighted by molar-refractivity contribution is 0.00211. The fourth-order valence-electron chi connectivity index (χ4n) is 2.93. The van der Waals surface area contributed by atoms with Crippen molar-refractivity contribution in [3.05, 3.63) is 48.3 Å². The molecule has 1 aliphatic rings. The lowest BCUT2D eigenvalue weighted by atomic mass is 10.1. The Bertz CT molecular complexity index is 639. The van der Waals surface area contributed by atoms with Gasteiger partial charge < -0.3 is 9.64 Å². The number of likely N-dealkylation sites (tertiary alicyclic amines) is 1. The molecule has 1 unspecified atom stereocenters. The largest absolute Gasteiger partial charge is 0.376 e. The summed E-state index contributed by atoms with van der Waals surface area (Å²) in [5.74, 6) is 0.0730. The lowest BCUT2D eigenvalue weighted by Gasteiger charge is -2.32. The quantitative estimate of drug-likeness (QED) is 0.853. The topological polar surface area (TPSA) is 47.4 Å². The lowest BCUT2D eigenvalue weighted by Crippen LogP contribution is -2.43. The summed E-state index contributed by atoms with van der Waals surface area (Å²) in [5, 5.41) is 4.22. The van der Waals surface area contributed by atoms with Gasteiger partial charge in [0.05, 0.1) is 11.8 Å². The van der Waals surface area contributed by atoms with Crippen LogP contribution in [0.25, 0.3) is 5.69 Å². The average molecular weight is 313 g/mol. The van der Waals surface area contributed by atoms with E-state index in [1.165, 1.54) is 0 Å². The molecule has 0 aliphatic carbocycles. The average Bonchev–Trinajstić information content (AvgIpc) is 3.14. The molecule has 5 nitrogen and oxygen atoms in total. The summed E-state index contributed by atoms with van der Waals surface area (Å²) < 4.78 is 7.59. The van der Waals surface area contributed by atoms with Crippen LogP contribution in [0.1, 0.15) is 36.5 Å². The monoisotopic (exact) mass is 313 g/mol. The molecule has 3 rings (SSSR count). The Morgan fingerprint density at radius 2 is 2.30 bits per heavy atom. The summed E-state index contributed by atoms with van der Waals surface area (Å²) in [6.07, 6.45) is 6.82. The molecule has 1 aliphatic heterocycles. The number of benzene rings is 1. The van der Waals surface area contributed by atoms with Crippen molar-refractivity contribution in [3.63, 3.8) is 0 Å². The number of hydrogen-bond acceptors (Lipinski definition) is 3. The fraction of sp³-hybridized carbons (Fsp3) is 0.444. The smallest absolute Gasteiger partial charge is 0.254 e. The van der Waals surface area contributed by atoms with Crippen molar-refractivity contribution >= 4 is 5.91 Å². The summed E-state index contributed by atoms with van der Waals surface area (Å²) in [6, 6.07) is 9.49. The number of piperidine rings is 1. The van der Waals surface area contributed by atoms with Gasteiger partial charge in [-0.05, 0) is 43.5 Å². The molecule has 23 heavy (non-hydrogen) atoms. The molecule has 5 heteroatoms. The van der Waals surface area contributed by atoms with E-state index in [0.29, 0.717) is 12.1 Å². The molecule has 1 amide bonds. The molecule has 1 aromatic heterocycles. The molecule has 0 spiro atoms. The number of nitrogens with zero attached hydrogens (tertiary/aromatic N) is 3. The molecule has 2 heterocycles. The van der Waals surface area contributed by atoms with Crippen molar-refractivity contribution in [1.82, 2.24) is 14.7 Å². The van der Waals surface area contributed by atoms with Crippen LogP contribution in [0.2, 0.25) is 0 Å². The van der Waals surface area contributed by atoms with Gasteiger partial charge in [0.15, 0.2) is 0 Å². The van der Waals surface area contributed by atoms with Gasteiger partial charge in [-0.3, -0.25) is 4.79 Å². The first-order valence-electron chi connectivity index (χ1n) is 8.29. The Hall–Kier alpha value is -2.14. The van der Waals surface area contributed by atoms with Crippen LogP contribution in [0.3, 0.4) is 0 Å². The number of aromatic nitrogens is 2. The van der Waals surface area contributed by atoms with Crippen LogP contribution >= 0.6 is 0 Å². The summed E-state index contributed by atoms with van der Waals surface area (Å²) in [4.78, 5) is 14.7. The highest BCUT2D eigenvalue weighted by Crippen LogP contribution is 2.18. The van der Waals surface area contributed by atoms with Gasteiger partial charge in [-0.25, -0.2) is 4.68 Å². The van der Waals surface area contributed by atoms with Crippen molar-refractivity contribution < 1.29 is 9.53 Å². The number of carbonyl (C=O) groups is 1. The van der Waals surface area contributed by atoms with Crippen LogP contribution < -0.4 is 0 Å². The van der Waals surface area contributed by atoms with Crippen LogP contribution in [0.5, 0.6) is 0 Å². The van der Waals surface area contributed by atoms with Crippen LogP contribution in [0.4, 0.5) is 0 Å². The molecule has 2 aromatic rings. The number of ether oxygens (including phenoxy) is 1. The van der Waals surface area contributed by atoms with E-state index in [0.717, 1.165) is 38.1 Å². The molecule has 122 valence electrons. The van der Waals surface area contributed by atoms with E-state index in [4.69, 9.17) is 4.74 Å². The Morgan fingerprint density at radius 1 is 1.39 bits per heavy atom. The zero-order valence-corrected chi connectivity index (χ0v) is 13.5. The fourth-order valence-corrected chi connectivity index (χ4v) is 2.93. The zero-order chi connectivity index (χ0) is 16.1. The van der Waals surface area contributed by atoms with Crippen molar-refractivity contribution in [3.8, 4) is 5.69 Å². The van der Waals surface area contributed by atoms with E-state index in [-0.39, 0.29) is 12.0 Å². The first-order valence-corrected chi connectivity index (χ1v) is 8.29. The molecule has 1 saturated heterocycles. The van der Waals surface area contributed by atoms with Crippen LogP contribution in [0, 0.1) is 0 Å². The van der Waals surface area contributed by atoms with E-state index in [9.17, 15) is 4.79 Å². The van der Waals surface area contributed by atoms with E-state index >= 15 is 0 Å². The third-order valence-electron chi connectivity index (χ3n) is 4.09. The first-order chi connectivity index (χ1) is 11.3. The van der Waals surface area contributed by atoms with Crippen molar-refractivity contribution in [2.45, 2.75) is 32.3 Å². The second-order valence-corrected chi connectivity index (χ2v) is 5.89. The van der Waals surface area contributed by atoms with Gasteiger partial charge in [-0.15, -0.1) is 0 Å². The third-order valence-corrected chi connectivity index (χ3v) is 4.09. The highest BCUT2D eigenvalue weighted by Gasteiger charge is 2.25. The molecule has 1 atom stereocenters. The van der Waals surface area contributed by atoms with Crippen LogP contribution in [-0.2, 0) is 4.74 Å². The Balaban J connectivity index is 1.71. The molecule has 0 bridgehead atoms. The molecule has 0 N–H and O–H groups in total. The number of carbonyl (C=O) groups excluding carboxylic acids is 1. The second-order valence-electron chi connectivity index (χ2n) is 5.89. The summed E-state index contributed by atoms with van der Waals surface area (Å²) in [7, 11) is 0. The van der Waals surface area contributed by atoms with E-state index in [2.05, 4.69) is 12.0 Å². The molecule has 0 radical (unpaired) electrons. The minimum atomic E-state index is 0.0730. The molecular formula is C18H23N3O2. The Morgan fingerprint density at radius 3 is 3.09 bits per heavy atom. The maximum Gasteiger partial charge on any atom is 0.254 e. The zero-order valence-electron chi connectivity index (χ0n) is 13.5. The predicted molar refractivity (Wildman–Crippen MR) is 88.7 cm³/mol. The Kier molecular flexibility index (Phi) is 5.08. The van der Waals surface area contributed by atoms with Gasteiger partial charge in [0.2, 0.25) is 0 Å². The molecular weight excluding hydrogens is 290 g/mol. The van der Waals surface area contributed by atoms with E-state index in [1.54, 1.807) is 10.9 Å². The molecule has 1 aromatic carbocycles. The maximum atomic E-state index is 12.8. The van der Waals surface area contributed by atoms with Crippen LogP contribution in [-0.4, -0.2) is 46.4 Å². The van der Waals surface area contributed by atoms with Gasteiger partial charge in [0.1, 0.15) is 0 Å². The van der Waals surface area contributed by atoms with Gasteiger partial charge in [0.25, 0.3) is 5.91 Å². The summed E-state index contributed by atoms with van der Waals surface area (Å²) >= 11 is 0. The van der Waals surface area contributed by atoms with Crippen molar-refractivity contribution in [2.75, 3.05) is 19.7 Å². The normalized spacial score (nSPS) is 18.1. The predicted octanol–water partition coefficient (Wildman–Crippen LogP) is 2.90.